The van der Waals surface area contributed by atoms with E-state index in [0.717, 1.165) is 12.1 Å². The molecular formula is C12H18N4O2. The van der Waals surface area contributed by atoms with Gasteiger partial charge >= 0.3 is 0 Å². The molecule has 0 aromatic carbocycles. The molecule has 0 saturated carbocycles. The summed E-state index contributed by atoms with van der Waals surface area (Å²) in [4.78, 5) is 25.3. The van der Waals surface area contributed by atoms with Crippen molar-refractivity contribution in [1.29, 1.82) is 0 Å². The average molecular weight is 250 g/mol. The van der Waals surface area contributed by atoms with Gasteiger partial charge in [0.1, 0.15) is 5.54 Å². The van der Waals surface area contributed by atoms with E-state index >= 15 is 0 Å². The molecule has 1 saturated heterocycles. The van der Waals surface area contributed by atoms with Gasteiger partial charge in [0.25, 0.3) is 0 Å². The third kappa shape index (κ3) is 2.10. The van der Waals surface area contributed by atoms with Crippen LogP contribution < -0.4 is 5.32 Å². The quantitative estimate of drug-likeness (QED) is 0.829. The standard InChI is InChI=1S/C12H18N4O2/c1-4-15-7-9(5-14-15)8-16-10(17)6-13-11(18)12(16,2)3/h5,7H,4,6,8H2,1-3H3,(H,13,18). The van der Waals surface area contributed by atoms with Crippen molar-refractivity contribution in [3.8, 4) is 0 Å². The Morgan fingerprint density at radius 3 is 2.78 bits per heavy atom. The van der Waals surface area contributed by atoms with Gasteiger partial charge in [-0.1, -0.05) is 0 Å². The van der Waals surface area contributed by atoms with Crippen LogP contribution in [0.5, 0.6) is 0 Å². The van der Waals surface area contributed by atoms with E-state index in [2.05, 4.69) is 10.4 Å². The average Bonchev–Trinajstić information content (AvgIpc) is 2.78. The maximum absolute atomic E-state index is 11.9. The van der Waals surface area contributed by atoms with Crippen LogP contribution in [0.15, 0.2) is 12.4 Å². The molecule has 0 aliphatic carbocycles. The minimum absolute atomic E-state index is 0.0659. The minimum atomic E-state index is -0.816. The second kappa shape index (κ2) is 4.44. The van der Waals surface area contributed by atoms with Gasteiger partial charge in [0, 0.05) is 24.8 Å². The van der Waals surface area contributed by atoms with Crippen molar-refractivity contribution in [2.45, 2.75) is 39.4 Å². The molecule has 1 N–H and O–H groups in total. The molecule has 2 heterocycles. The van der Waals surface area contributed by atoms with Crippen molar-refractivity contribution >= 4 is 11.8 Å². The Labute approximate surface area is 106 Å². The van der Waals surface area contributed by atoms with Crippen LogP contribution in [0.4, 0.5) is 0 Å². The van der Waals surface area contributed by atoms with Gasteiger partial charge in [-0.2, -0.15) is 5.10 Å². The van der Waals surface area contributed by atoms with Crippen molar-refractivity contribution in [2.24, 2.45) is 0 Å². The fourth-order valence-electron chi connectivity index (χ4n) is 2.03. The zero-order chi connectivity index (χ0) is 13.3. The van der Waals surface area contributed by atoms with Gasteiger partial charge in [-0.3, -0.25) is 14.3 Å². The van der Waals surface area contributed by atoms with Crippen molar-refractivity contribution < 1.29 is 9.59 Å². The number of piperazine rings is 1. The van der Waals surface area contributed by atoms with Gasteiger partial charge < -0.3 is 10.2 Å². The Hall–Kier alpha value is -1.85. The maximum Gasteiger partial charge on any atom is 0.245 e. The van der Waals surface area contributed by atoms with E-state index in [9.17, 15) is 9.59 Å². The number of hydrogen-bond donors (Lipinski definition) is 1. The first-order valence-corrected chi connectivity index (χ1v) is 6.05. The topological polar surface area (TPSA) is 67.2 Å². The van der Waals surface area contributed by atoms with E-state index in [4.69, 9.17) is 0 Å². The van der Waals surface area contributed by atoms with E-state index in [0.29, 0.717) is 6.54 Å². The summed E-state index contributed by atoms with van der Waals surface area (Å²) < 4.78 is 1.80. The first kappa shape index (κ1) is 12.6. The Balaban J connectivity index is 2.19. The van der Waals surface area contributed by atoms with Crippen LogP contribution >= 0.6 is 0 Å². The predicted octanol–water partition coefficient (Wildman–Crippen LogP) is 0.140. The van der Waals surface area contributed by atoms with Crippen molar-refractivity contribution in [3.05, 3.63) is 18.0 Å². The molecule has 0 spiro atoms. The monoisotopic (exact) mass is 250 g/mol. The summed E-state index contributed by atoms with van der Waals surface area (Å²) in [5.74, 6) is -0.186. The highest BCUT2D eigenvalue weighted by atomic mass is 16.2. The molecule has 6 heteroatoms. The zero-order valence-electron chi connectivity index (χ0n) is 10.9. The summed E-state index contributed by atoms with van der Waals surface area (Å²) in [6.07, 6.45) is 3.63. The number of nitrogens with one attached hydrogen (secondary N) is 1. The normalized spacial score (nSPS) is 18.9. The zero-order valence-corrected chi connectivity index (χ0v) is 10.9. The molecule has 1 aromatic rings. The molecule has 2 rings (SSSR count). The second-order valence-corrected chi connectivity index (χ2v) is 4.93. The lowest BCUT2D eigenvalue weighted by atomic mass is 9.98. The van der Waals surface area contributed by atoms with Crippen LogP contribution in [0, 0.1) is 0 Å². The number of amides is 2. The van der Waals surface area contributed by atoms with Crippen molar-refractivity contribution in [3.63, 3.8) is 0 Å². The lowest BCUT2D eigenvalue weighted by Gasteiger charge is -2.40. The largest absolute Gasteiger partial charge is 0.345 e. The Morgan fingerprint density at radius 1 is 1.44 bits per heavy atom. The van der Waals surface area contributed by atoms with Crippen LogP contribution in [0.1, 0.15) is 26.3 Å². The molecule has 0 unspecified atom stereocenters. The number of rotatable bonds is 3. The Bertz CT molecular complexity index is 478. The van der Waals surface area contributed by atoms with Crippen molar-refractivity contribution in [2.75, 3.05) is 6.54 Å². The van der Waals surface area contributed by atoms with Gasteiger partial charge in [0.15, 0.2) is 0 Å². The summed E-state index contributed by atoms with van der Waals surface area (Å²) in [6.45, 7) is 6.79. The molecule has 0 atom stereocenters. The van der Waals surface area contributed by atoms with Crippen LogP contribution in [-0.4, -0.2) is 38.6 Å². The summed E-state index contributed by atoms with van der Waals surface area (Å²) in [6, 6.07) is 0. The van der Waals surface area contributed by atoms with E-state index < -0.39 is 5.54 Å². The predicted molar refractivity (Wildman–Crippen MR) is 65.5 cm³/mol. The summed E-state index contributed by atoms with van der Waals surface area (Å²) in [5, 5.41) is 6.77. The highest BCUT2D eigenvalue weighted by molar-refractivity contribution is 5.97. The van der Waals surface area contributed by atoms with Crippen LogP contribution in [0.3, 0.4) is 0 Å². The molecule has 0 bridgehead atoms. The maximum atomic E-state index is 11.9. The second-order valence-electron chi connectivity index (χ2n) is 4.93. The van der Waals surface area contributed by atoms with Gasteiger partial charge in [0.05, 0.1) is 12.7 Å². The molecule has 1 fully saturated rings. The smallest absolute Gasteiger partial charge is 0.245 e. The molecular weight excluding hydrogens is 232 g/mol. The molecule has 6 nitrogen and oxygen atoms in total. The first-order valence-electron chi connectivity index (χ1n) is 6.05. The van der Waals surface area contributed by atoms with Gasteiger partial charge in [-0.05, 0) is 20.8 Å². The molecule has 1 aliphatic rings. The van der Waals surface area contributed by atoms with E-state index in [1.165, 1.54) is 0 Å². The molecule has 98 valence electrons. The summed E-state index contributed by atoms with van der Waals surface area (Å²) in [7, 11) is 0. The molecule has 18 heavy (non-hydrogen) atoms. The molecule has 1 aromatic heterocycles. The lowest BCUT2D eigenvalue weighted by molar-refractivity contribution is -0.152. The van der Waals surface area contributed by atoms with Gasteiger partial charge in [-0.25, -0.2) is 0 Å². The molecule has 0 radical (unpaired) electrons. The van der Waals surface area contributed by atoms with Gasteiger partial charge in [-0.15, -0.1) is 0 Å². The number of nitrogens with zero attached hydrogens (tertiary/aromatic N) is 3. The number of carbonyl (C=O) groups excluding carboxylic acids is 2. The number of aryl methyl sites for hydroxylation is 1. The number of aromatic nitrogens is 2. The Kier molecular flexibility index (Phi) is 3.11. The SMILES string of the molecule is CCn1cc(CN2C(=O)CNC(=O)C2(C)C)cn1. The van der Waals surface area contributed by atoms with Crippen molar-refractivity contribution in [1.82, 2.24) is 20.0 Å². The van der Waals surface area contributed by atoms with Gasteiger partial charge in [0.2, 0.25) is 11.8 Å². The first-order chi connectivity index (χ1) is 8.45. The summed E-state index contributed by atoms with van der Waals surface area (Å²) in [5.41, 5.74) is 0.122. The molecule has 1 aliphatic heterocycles. The fourth-order valence-corrected chi connectivity index (χ4v) is 2.03. The highest BCUT2D eigenvalue weighted by Gasteiger charge is 2.41. The Morgan fingerprint density at radius 2 is 2.17 bits per heavy atom. The van der Waals surface area contributed by atoms with E-state index in [1.54, 1.807) is 29.6 Å². The van der Waals surface area contributed by atoms with E-state index in [-0.39, 0.29) is 18.4 Å². The van der Waals surface area contributed by atoms with Crippen LogP contribution in [-0.2, 0) is 22.7 Å². The number of hydrogen-bond acceptors (Lipinski definition) is 3. The molecule has 2 amide bonds. The third-order valence-corrected chi connectivity index (χ3v) is 3.28. The third-order valence-electron chi connectivity index (χ3n) is 3.28. The summed E-state index contributed by atoms with van der Waals surface area (Å²) >= 11 is 0. The van der Waals surface area contributed by atoms with Crippen LogP contribution in [0.25, 0.3) is 0 Å². The lowest BCUT2D eigenvalue weighted by Crippen LogP contribution is -2.63. The number of carbonyl (C=O) groups is 2. The fraction of sp³-hybridized carbons (Fsp3) is 0.583. The van der Waals surface area contributed by atoms with E-state index in [1.807, 2.05) is 13.1 Å². The van der Waals surface area contributed by atoms with Crippen LogP contribution in [0.2, 0.25) is 0 Å². The highest BCUT2D eigenvalue weighted by Crippen LogP contribution is 2.21. The minimum Gasteiger partial charge on any atom is -0.345 e.